The van der Waals surface area contributed by atoms with Crippen molar-refractivity contribution >= 4 is 33.3 Å². The molecule has 0 saturated carbocycles. The van der Waals surface area contributed by atoms with Gasteiger partial charge in [0.25, 0.3) is 5.56 Å². The number of benzene rings is 2. The van der Waals surface area contributed by atoms with Crippen molar-refractivity contribution in [1.82, 2.24) is 9.97 Å². The first-order chi connectivity index (χ1) is 13.2. The molecule has 0 bridgehead atoms. The minimum Gasteiger partial charge on any atom is -0.322 e. The molecule has 5 nitrogen and oxygen atoms in total. The summed E-state index contributed by atoms with van der Waals surface area (Å²) in [7, 11) is 0. The Labute approximate surface area is 159 Å². The van der Waals surface area contributed by atoms with Crippen molar-refractivity contribution in [2.24, 2.45) is 0 Å². The Balaban J connectivity index is 1.44. The summed E-state index contributed by atoms with van der Waals surface area (Å²) >= 11 is 1.44. The van der Waals surface area contributed by atoms with E-state index in [1.165, 1.54) is 16.9 Å². The molecule has 0 atom stereocenters. The van der Waals surface area contributed by atoms with Crippen LogP contribution in [0.5, 0.6) is 0 Å². The first-order valence-corrected chi connectivity index (χ1v) is 9.38. The van der Waals surface area contributed by atoms with Gasteiger partial charge in [-0.15, -0.1) is 11.3 Å². The normalized spacial score (nSPS) is 10.8. The van der Waals surface area contributed by atoms with Gasteiger partial charge in [-0.05, 0) is 23.1 Å². The summed E-state index contributed by atoms with van der Waals surface area (Å²) in [6, 6.07) is 19.4. The third kappa shape index (κ3) is 4.12. The van der Waals surface area contributed by atoms with Crippen LogP contribution in [0.4, 0.5) is 5.13 Å². The third-order valence-corrected chi connectivity index (χ3v) is 5.12. The molecule has 0 aliphatic heterocycles. The summed E-state index contributed by atoms with van der Waals surface area (Å²) in [5.41, 5.74) is 2.15. The number of carbonyl (C=O) groups is 1. The number of para-hydroxylation sites is 1. The van der Waals surface area contributed by atoms with Crippen LogP contribution in [0.15, 0.2) is 71.7 Å². The quantitative estimate of drug-likeness (QED) is 0.558. The van der Waals surface area contributed by atoms with Crippen LogP contribution < -0.4 is 10.9 Å². The molecular weight excluding hydrogens is 358 g/mol. The molecule has 0 radical (unpaired) electrons. The van der Waals surface area contributed by atoms with Gasteiger partial charge in [0.15, 0.2) is 5.13 Å². The number of carbonyl (C=O) groups excluding carboxylic acids is 1. The fourth-order valence-corrected chi connectivity index (χ4v) is 3.77. The maximum atomic E-state index is 12.3. The second kappa shape index (κ2) is 7.55. The lowest BCUT2D eigenvalue weighted by atomic mass is 10.1. The van der Waals surface area contributed by atoms with Gasteiger partial charge in [-0.25, -0.2) is 4.98 Å². The molecule has 2 aromatic heterocycles. The van der Waals surface area contributed by atoms with Gasteiger partial charge in [0.2, 0.25) is 5.91 Å². The van der Waals surface area contributed by atoms with Gasteiger partial charge in [-0.3, -0.25) is 9.59 Å². The topological polar surface area (TPSA) is 74.8 Å². The summed E-state index contributed by atoms with van der Waals surface area (Å²) in [5.74, 6) is -0.253. The Kier molecular flexibility index (Phi) is 4.80. The van der Waals surface area contributed by atoms with Gasteiger partial charge in [0.1, 0.15) is 0 Å². The van der Waals surface area contributed by atoms with E-state index in [1.807, 2.05) is 42.5 Å². The number of anilines is 1. The Morgan fingerprint density at radius 2 is 1.85 bits per heavy atom. The number of nitrogens with zero attached hydrogens (tertiary/aromatic N) is 1. The standard InChI is InChI=1S/C21H17N3O2S/c25-19(12-16-11-15-8-4-5-9-18(15)23-20(16)26)24-21-22-13-17(27-21)10-14-6-2-1-3-7-14/h1-9,11,13H,10,12H2,(H,23,26)(H,22,24,25). The van der Waals surface area contributed by atoms with Crippen molar-refractivity contribution in [2.45, 2.75) is 12.8 Å². The lowest BCUT2D eigenvalue weighted by Crippen LogP contribution is -2.20. The highest BCUT2D eigenvalue weighted by Crippen LogP contribution is 2.21. The lowest BCUT2D eigenvalue weighted by Gasteiger charge is -2.03. The van der Waals surface area contributed by atoms with E-state index in [4.69, 9.17) is 0 Å². The van der Waals surface area contributed by atoms with Crippen LogP contribution in [-0.4, -0.2) is 15.9 Å². The third-order valence-electron chi connectivity index (χ3n) is 4.20. The Bertz CT molecular complexity index is 1150. The van der Waals surface area contributed by atoms with E-state index in [2.05, 4.69) is 27.4 Å². The van der Waals surface area contributed by atoms with Gasteiger partial charge < -0.3 is 10.3 Å². The highest BCUT2D eigenvalue weighted by Gasteiger charge is 2.11. The molecule has 0 unspecified atom stereocenters. The molecule has 134 valence electrons. The fourth-order valence-electron chi connectivity index (χ4n) is 2.90. The van der Waals surface area contributed by atoms with Crippen LogP contribution in [0, 0.1) is 0 Å². The number of aromatic nitrogens is 2. The Hall–Kier alpha value is -3.25. The molecule has 27 heavy (non-hydrogen) atoms. The van der Waals surface area contributed by atoms with Crippen LogP contribution in [-0.2, 0) is 17.6 Å². The molecule has 0 saturated heterocycles. The first-order valence-electron chi connectivity index (χ1n) is 8.57. The number of H-pyrrole nitrogens is 1. The lowest BCUT2D eigenvalue weighted by molar-refractivity contribution is -0.115. The number of thiazole rings is 1. The number of nitrogens with one attached hydrogen (secondary N) is 2. The van der Waals surface area contributed by atoms with E-state index in [0.29, 0.717) is 10.7 Å². The molecule has 1 amide bonds. The van der Waals surface area contributed by atoms with Crippen molar-refractivity contribution in [3.63, 3.8) is 0 Å². The SMILES string of the molecule is O=C(Cc1cc2ccccc2[nH]c1=O)Nc1ncc(Cc2ccccc2)s1. The van der Waals surface area contributed by atoms with Crippen LogP contribution >= 0.6 is 11.3 Å². The Morgan fingerprint density at radius 3 is 2.70 bits per heavy atom. The van der Waals surface area contributed by atoms with Crippen molar-refractivity contribution in [2.75, 3.05) is 5.32 Å². The average Bonchev–Trinajstić information content (AvgIpc) is 3.10. The minimum absolute atomic E-state index is 0.00770. The molecule has 2 aromatic carbocycles. The van der Waals surface area contributed by atoms with Crippen LogP contribution in [0.1, 0.15) is 16.0 Å². The van der Waals surface area contributed by atoms with E-state index in [1.54, 1.807) is 12.3 Å². The predicted molar refractivity (Wildman–Crippen MR) is 108 cm³/mol. The molecule has 0 aliphatic carbocycles. The van der Waals surface area contributed by atoms with Gasteiger partial charge in [0, 0.05) is 28.6 Å². The zero-order valence-corrected chi connectivity index (χ0v) is 15.3. The number of hydrogen-bond acceptors (Lipinski definition) is 4. The number of aromatic amines is 1. The van der Waals surface area contributed by atoms with Gasteiger partial charge >= 0.3 is 0 Å². The van der Waals surface area contributed by atoms with Gasteiger partial charge in [-0.2, -0.15) is 0 Å². The highest BCUT2D eigenvalue weighted by molar-refractivity contribution is 7.15. The van der Waals surface area contributed by atoms with Crippen molar-refractivity contribution < 1.29 is 4.79 Å². The van der Waals surface area contributed by atoms with Crippen LogP contribution in [0.2, 0.25) is 0 Å². The number of pyridine rings is 1. The largest absolute Gasteiger partial charge is 0.322 e. The second-order valence-electron chi connectivity index (χ2n) is 6.23. The smallest absolute Gasteiger partial charge is 0.252 e. The molecular formula is C21H17N3O2S. The summed E-state index contributed by atoms with van der Waals surface area (Å²) in [6.45, 7) is 0. The predicted octanol–water partition coefficient (Wildman–Crippen LogP) is 3.76. The molecule has 0 fully saturated rings. The summed E-state index contributed by atoms with van der Waals surface area (Å²) in [5, 5.41) is 4.23. The zero-order valence-electron chi connectivity index (χ0n) is 14.4. The van der Waals surface area contributed by atoms with Crippen LogP contribution in [0.25, 0.3) is 10.9 Å². The molecule has 0 spiro atoms. The molecule has 2 N–H and O–H groups in total. The van der Waals surface area contributed by atoms with Crippen molar-refractivity contribution in [3.05, 3.63) is 93.2 Å². The second-order valence-corrected chi connectivity index (χ2v) is 7.35. The number of amides is 1. The van der Waals surface area contributed by atoms with E-state index < -0.39 is 0 Å². The van der Waals surface area contributed by atoms with Gasteiger partial charge in [-0.1, -0.05) is 48.5 Å². The van der Waals surface area contributed by atoms with Crippen molar-refractivity contribution in [1.29, 1.82) is 0 Å². The van der Waals surface area contributed by atoms with Gasteiger partial charge in [0.05, 0.1) is 6.42 Å². The van der Waals surface area contributed by atoms with Crippen molar-refractivity contribution in [3.8, 4) is 0 Å². The maximum Gasteiger partial charge on any atom is 0.252 e. The molecule has 6 heteroatoms. The molecule has 0 aliphatic rings. The molecule has 2 heterocycles. The summed E-state index contributed by atoms with van der Waals surface area (Å²) < 4.78 is 0. The number of rotatable bonds is 5. The van der Waals surface area contributed by atoms with E-state index >= 15 is 0 Å². The summed E-state index contributed by atoms with van der Waals surface area (Å²) in [4.78, 5) is 32.7. The number of hydrogen-bond donors (Lipinski definition) is 2. The van der Waals surface area contributed by atoms with E-state index in [0.717, 1.165) is 22.2 Å². The molecule has 4 rings (SSSR count). The maximum absolute atomic E-state index is 12.3. The Morgan fingerprint density at radius 1 is 1.07 bits per heavy atom. The fraction of sp³-hybridized carbons (Fsp3) is 0.0952. The molecule has 4 aromatic rings. The monoisotopic (exact) mass is 375 g/mol. The minimum atomic E-state index is -0.253. The van der Waals surface area contributed by atoms with E-state index in [9.17, 15) is 9.59 Å². The zero-order chi connectivity index (χ0) is 18.6. The van der Waals surface area contributed by atoms with Crippen LogP contribution in [0.3, 0.4) is 0 Å². The summed E-state index contributed by atoms with van der Waals surface area (Å²) in [6.07, 6.45) is 2.56. The van der Waals surface area contributed by atoms with E-state index in [-0.39, 0.29) is 17.9 Å². The first kappa shape index (κ1) is 17.2. The number of fused-ring (bicyclic) bond motifs is 1. The average molecular weight is 375 g/mol. The highest BCUT2D eigenvalue weighted by atomic mass is 32.1.